The third-order valence-corrected chi connectivity index (χ3v) is 6.81. The molecule has 0 bridgehead atoms. The summed E-state index contributed by atoms with van der Waals surface area (Å²) in [7, 11) is 1.65. The summed E-state index contributed by atoms with van der Waals surface area (Å²) < 4.78 is 8.15. The summed E-state index contributed by atoms with van der Waals surface area (Å²) in [6.07, 6.45) is 1.81. The maximum absolute atomic E-state index is 5.23. The summed E-state index contributed by atoms with van der Waals surface area (Å²) in [6.45, 7) is 0.517. The molecule has 0 aliphatic carbocycles. The van der Waals surface area contributed by atoms with Gasteiger partial charge >= 0.3 is 0 Å². The summed E-state index contributed by atoms with van der Waals surface area (Å²) in [5.41, 5.74) is 4.11. The van der Waals surface area contributed by atoms with E-state index in [4.69, 9.17) is 4.74 Å². The van der Waals surface area contributed by atoms with E-state index in [-0.39, 0.29) is 0 Å². The molecule has 0 N–H and O–H groups in total. The van der Waals surface area contributed by atoms with Crippen molar-refractivity contribution in [3.63, 3.8) is 0 Å². The number of halogens is 1. The molecule has 0 atom stereocenters. The minimum absolute atomic E-state index is 0.517. The van der Waals surface area contributed by atoms with Gasteiger partial charge in [0, 0.05) is 10.2 Å². The number of hydrogen-bond donors (Lipinski definition) is 0. The van der Waals surface area contributed by atoms with Crippen molar-refractivity contribution in [1.29, 1.82) is 0 Å². The van der Waals surface area contributed by atoms with E-state index in [0.717, 1.165) is 37.8 Å². The summed E-state index contributed by atoms with van der Waals surface area (Å²) >= 11 is 5.26. The van der Waals surface area contributed by atoms with E-state index < -0.39 is 0 Å². The van der Waals surface area contributed by atoms with Crippen LogP contribution in [0.25, 0.3) is 17.1 Å². The molecule has 0 aliphatic rings. The second kappa shape index (κ2) is 10.2. The number of aromatic nitrogens is 6. The average Bonchev–Trinajstić information content (AvgIpc) is 3.51. The minimum atomic E-state index is 0.517. The molecule has 0 radical (unpaired) electrons. The Bertz CT molecular complexity index is 1380. The van der Waals surface area contributed by atoms with Crippen LogP contribution in [0.4, 0.5) is 0 Å². The highest BCUT2D eigenvalue weighted by Gasteiger charge is 2.19. The van der Waals surface area contributed by atoms with E-state index in [1.807, 2.05) is 65.5 Å². The zero-order valence-corrected chi connectivity index (χ0v) is 20.8. The predicted octanol–water partition coefficient (Wildman–Crippen LogP) is 5.64. The van der Waals surface area contributed by atoms with Crippen LogP contribution in [-0.2, 0) is 12.3 Å². The van der Waals surface area contributed by atoms with Crippen LogP contribution in [0.2, 0.25) is 0 Å². The van der Waals surface area contributed by atoms with E-state index in [9.17, 15) is 0 Å². The normalized spacial score (nSPS) is 11.0. The van der Waals surface area contributed by atoms with Gasteiger partial charge in [-0.15, -0.1) is 22.0 Å². The smallest absolute Gasteiger partial charge is 0.209 e. The number of tetrazole rings is 1. The standard InChI is InChI=1S/C25H21BrN6OS/c1-33-22-12-10-18(11-13-22)16-31-29-24(28-30-31)23-15-27-32(21-9-5-8-20(26)14-21)25(23)34-17-19-6-3-2-4-7-19/h2-15H,16-17H2,1H3. The van der Waals surface area contributed by atoms with Crippen molar-refractivity contribution in [2.75, 3.05) is 7.11 Å². The molecule has 0 unspecified atom stereocenters. The lowest BCUT2D eigenvalue weighted by molar-refractivity contribution is 0.414. The Morgan fingerprint density at radius 3 is 2.53 bits per heavy atom. The molecule has 0 saturated carbocycles. The van der Waals surface area contributed by atoms with E-state index in [1.54, 1.807) is 23.7 Å². The zero-order chi connectivity index (χ0) is 23.3. The van der Waals surface area contributed by atoms with Crippen LogP contribution in [0.3, 0.4) is 0 Å². The van der Waals surface area contributed by atoms with E-state index >= 15 is 0 Å². The number of thioether (sulfide) groups is 1. The maximum Gasteiger partial charge on any atom is 0.209 e. The van der Waals surface area contributed by atoms with Gasteiger partial charge < -0.3 is 4.74 Å². The van der Waals surface area contributed by atoms with Crippen LogP contribution in [0.1, 0.15) is 11.1 Å². The first-order chi connectivity index (χ1) is 16.7. The first-order valence-electron chi connectivity index (χ1n) is 10.6. The summed E-state index contributed by atoms with van der Waals surface area (Å²) in [4.78, 5) is 1.60. The lowest BCUT2D eigenvalue weighted by Crippen LogP contribution is -2.04. The first-order valence-corrected chi connectivity index (χ1v) is 12.4. The molecule has 2 heterocycles. The summed E-state index contributed by atoms with van der Waals surface area (Å²) in [5, 5.41) is 18.9. The van der Waals surface area contributed by atoms with Gasteiger partial charge in [0.05, 0.1) is 31.1 Å². The monoisotopic (exact) mass is 532 g/mol. The molecule has 5 aromatic rings. The average molecular weight is 533 g/mol. The van der Waals surface area contributed by atoms with Gasteiger partial charge in [-0.3, -0.25) is 0 Å². The molecular weight excluding hydrogens is 512 g/mol. The Morgan fingerprint density at radius 2 is 1.76 bits per heavy atom. The van der Waals surface area contributed by atoms with E-state index in [1.165, 1.54) is 5.56 Å². The fourth-order valence-electron chi connectivity index (χ4n) is 3.46. The lowest BCUT2D eigenvalue weighted by atomic mass is 10.2. The third kappa shape index (κ3) is 5.05. The molecule has 2 aromatic heterocycles. The Morgan fingerprint density at radius 1 is 0.941 bits per heavy atom. The van der Waals surface area contributed by atoms with Crippen molar-refractivity contribution >= 4 is 27.7 Å². The second-order valence-electron chi connectivity index (χ2n) is 7.52. The molecule has 7 nitrogen and oxygen atoms in total. The van der Waals surface area contributed by atoms with Crippen LogP contribution in [0, 0.1) is 0 Å². The van der Waals surface area contributed by atoms with Gasteiger partial charge in [0.15, 0.2) is 0 Å². The molecule has 9 heteroatoms. The van der Waals surface area contributed by atoms with Gasteiger partial charge in [-0.05, 0) is 46.7 Å². The fourth-order valence-corrected chi connectivity index (χ4v) is 4.92. The highest BCUT2D eigenvalue weighted by molar-refractivity contribution is 9.10. The lowest BCUT2D eigenvalue weighted by Gasteiger charge is -2.09. The Kier molecular flexibility index (Phi) is 6.73. The predicted molar refractivity (Wildman–Crippen MR) is 136 cm³/mol. The van der Waals surface area contributed by atoms with Crippen LogP contribution in [0.15, 0.2) is 94.6 Å². The number of nitrogens with zero attached hydrogens (tertiary/aromatic N) is 6. The van der Waals surface area contributed by atoms with Gasteiger partial charge in [0.2, 0.25) is 5.82 Å². The van der Waals surface area contributed by atoms with Gasteiger partial charge in [-0.1, -0.05) is 64.5 Å². The van der Waals surface area contributed by atoms with Crippen LogP contribution < -0.4 is 4.74 Å². The van der Waals surface area contributed by atoms with Gasteiger partial charge in [-0.2, -0.15) is 9.90 Å². The molecule has 0 amide bonds. The van der Waals surface area contributed by atoms with Gasteiger partial charge in [0.1, 0.15) is 10.8 Å². The Balaban J connectivity index is 1.45. The van der Waals surface area contributed by atoms with Crippen LogP contribution >= 0.6 is 27.7 Å². The number of rotatable bonds is 8. The van der Waals surface area contributed by atoms with Crippen molar-refractivity contribution in [3.05, 3.63) is 101 Å². The highest BCUT2D eigenvalue weighted by atomic mass is 79.9. The van der Waals surface area contributed by atoms with Gasteiger partial charge in [0.25, 0.3) is 0 Å². The summed E-state index contributed by atoms with van der Waals surface area (Å²) in [6, 6.07) is 26.3. The molecule has 34 heavy (non-hydrogen) atoms. The molecule has 0 spiro atoms. The van der Waals surface area contributed by atoms with Crippen molar-refractivity contribution < 1.29 is 4.74 Å². The van der Waals surface area contributed by atoms with Gasteiger partial charge in [-0.25, -0.2) is 4.68 Å². The molecule has 0 saturated heterocycles. The topological polar surface area (TPSA) is 70.7 Å². The zero-order valence-electron chi connectivity index (χ0n) is 18.4. The van der Waals surface area contributed by atoms with Crippen molar-refractivity contribution in [2.24, 2.45) is 0 Å². The summed E-state index contributed by atoms with van der Waals surface area (Å²) in [5.74, 6) is 2.16. The van der Waals surface area contributed by atoms with Crippen LogP contribution in [0.5, 0.6) is 5.75 Å². The van der Waals surface area contributed by atoms with Crippen LogP contribution in [-0.4, -0.2) is 37.1 Å². The Labute approximate surface area is 209 Å². The van der Waals surface area contributed by atoms with Crippen molar-refractivity contribution in [2.45, 2.75) is 17.3 Å². The SMILES string of the molecule is COc1ccc(Cn2nnc(-c3cnn(-c4cccc(Br)c4)c3SCc3ccccc3)n2)cc1. The minimum Gasteiger partial charge on any atom is -0.497 e. The molecular formula is C25H21BrN6OS. The number of ether oxygens (including phenoxy) is 1. The van der Waals surface area contributed by atoms with E-state index in [2.05, 4.69) is 60.7 Å². The maximum atomic E-state index is 5.23. The van der Waals surface area contributed by atoms with Crippen molar-refractivity contribution in [1.82, 2.24) is 30.0 Å². The molecule has 170 valence electrons. The molecule has 0 fully saturated rings. The second-order valence-corrected chi connectivity index (χ2v) is 9.40. The van der Waals surface area contributed by atoms with E-state index in [0.29, 0.717) is 12.4 Å². The molecule has 0 aliphatic heterocycles. The number of hydrogen-bond acceptors (Lipinski definition) is 6. The molecule has 5 rings (SSSR count). The molecule has 3 aromatic carbocycles. The number of methoxy groups -OCH3 is 1. The Hall–Kier alpha value is -3.43. The first kappa shape index (κ1) is 22.4. The third-order valence-electron chi connectivity index (χ3n) is 5.17. The quantitative estimate of drug-likeness (QED) is 0.241. The largest absolute Gasteiger partial charge is 0.497 e. The van der Waals surface area contributed by atoms with Crippen molar-refractivity contribution in [3.8, 4) is 22.8 Å². The number of benzene rings is 3. The highest BCUT2D eigenvalue weighted by Crippen LogP contribution is 2.34. The fraction of sp³-hybridized carbons (Fsp3) is 0.120.